The summed E-state index contributed by atoms with van der Waals surface area (Å²) in [5, 5.41) is 4.26. The van der Waals surface area contributed by atoms with E-state index in [-0.39, 0.29) is 33.7 Å². The minimum Gasteiger partial charge on any atom is -0.465 e. The fraction of sp³-hybridized carbons (Fsp3) is 0.182. The first-order valence-corrected chi connectivity index (χ1v) is 10.5. The molecule has 4 aromatic rings. The zero-order valence-electron chi connectivity index (χ0n) is 17.2. The summed E-state index contributed by atoms with van der Waals surface area (Å²) < 4.78 is 36.2. The summed E-state index contributed by atoms with van der Waals surface area (Å²) in [4.78, 5) is 29.2. The molecule has 2 aromatic carbocycles. The molecule has 0 saturated carbocycles. The number of amides is 1. The van der Waals surface area contributed by atoms with Crippen molar-refractivity contribution in [3.05, 3.63) is 76.4 Å². The van der Waals surface area contributed by atoms with Gasteiger partial charge in [0, 0.05) is 6.07 Å². The number of benzene rings is 2. The Labute approximate surface area is 185 Å². The quantitative estimate of drug-likeness (QED) is 0.428. The third-order valence-corrected chi connectivity index (χ3v) is 5.75. The maximum atomic E-state index is 14.5. The van der Waals surface area contributed by atoms with E-state index < -0.39 is 23.5 Å². The van der Waals surface area contributed by atoms with Crippen LogP contribution in [0.1, 0.15) is 23.0 Å². The molecule has 7 nitrogen and oxygen atoms in total. The summed E-state index contributed by atoms with van der Waals surface area (Å²) in [7, 11) is 0. The van der Waals surface area contributed by atoms with Crippen LogP contribution in [-0.4, -0.2) is 32.8 Å². The van der Waals surface area contributed by atoms with Gasteiger partial charge in [-0.3, -0.25) is 9.59 Å². The molecule has 0 bridgehead atoms. The number of rotatable bonds is 5. The predicted octanol–water partition coefficient (Wildman–Crippen LogP) is 3.78. The fourth-order valence-electron chi connectivity index (χ4n) is 3.29. The number of halogens is 2. The van der Waals surface area contributed by atoms with Crippen molar-refractivity contribution in [2.24, 2.45) is 4.99 Å². The van der Waals surface area contributed by atoms with Gasteiger partial charge in [0.2, 0.25) is 0 Å². The van der Waals surface area contributed by atoms with Gasteiger partial charge in [0.15, 0.2) is 10.6 Å². The van der Waals surface area contributed by atoms with Crippen molar-refractivity contribution in [3.8, 4) is 5.69 Å². The molecule has 4 rings (SSSR count). The van der Waals surface area contributed by atoms with Gasteiger partial charge in [0.05, 0.1) is 40.0 Å². The van der Waals surface area contributed by atoms with Gasteiger partial charge < -0.3 is 9.30 Å². The SMILES string of the molecule is CCOC(=O)Cn1c(=NC(=O)c2cnn(-c3ccccc3)c2C)sc2cc(F)cc(F)c21. The minimum absolute atomic E-state index is 0.0206. The molecule has 0 fully saturated rings. The van der Waals surface area contributed by atoms with Gasteiger partial charge in [-0.25, -0.2) is 13.5 Å². The van der Waals surface area contributed by atoms with E-state index in [4.69, 9.17) is 4.74 Å². The molecule has 0 radical (unpaired) electrons. The standard InChI is InChI=1S/C22H18F2N4O3S/c1-3-31-19(29)12-27-20-17(24)9-14(23)10-18(20)32-22(27)26-21(30)16-11-25-28(13(16)2)15-7-5-4-6-8-15/h4-11H,3,12H2,1-2H3. The molecule has 32 heavy (non-hydrogen) atoms. The van der Waals surface area contributed by atoms with E-state index in [0.29, 0.717) is 5.69 Å². The second kappa shape index (κ2) is 8.83. The average molecular weight is 456 g/mol. The van der Waals surface area contributed by atoms with Crippen LogP contribution in [0.25, 0.3) is 15.9 Å². The molecule has 164 valence electrons. The molecule has 0 saturated heterocycles. The van der Waals surface area contributed by atoms with Crippen LogP contribution >= 0.6 is 11.3 Å². The molecule has 0 atom stereocenters. The van der Waals surface area contributed by atoms with E-state index in [1.54, 1.807) is 18.5 Å². The molecule has 2 heterocycles. The molecular weight excluding hydrogens is 438 g/mol. The topological polar surface area (TPSA) is 78.5 Å². The summed E-state index contributed by atoms with van der Waals surface area (Å²) in [6.07, 6.45) is 1.40. The third-order valence-electron chi connectivity index (χ3n) is 4.73. The largest absolute Gasteiger partial charge is 0.465 e. The van der Waals surface area contributed by atoms with E-state index >= 15 is 0 Å². The Hall–Kier alpha value is -3.66. The molecule has 2 aromatic heterocycles. The van der Waals surface area contributed by atoms with Gasteiger partial charge in [-0.05, 0) is 32.0 Å². The van der Waals surface area contributed by atoms with Crippen molar-refractivity contribution in [2.75, 3.05) is 6.61 Å². The number of carbonyl (C=O) groups excluding carboxylic acids is 2. The Kier molecular flexibility index (Phi) is 5.95. The van der Waals surface area contributed by atoms with Crippen molar-refractivity contribution >= 4 is 33.4 Å². The molecule has 1 amide bonds. The summed E-state index contributed by atoms with van der Waals surface area (Å²) in [5.74, 6) is -2.87. The maximum absolute atomic E-state index is 14.5. The maximum Gasteiger partial charge on any atom is 0.326 e. The van der Waals surface area contributed by atoms with Crippen LogP contribution in [0.4, 0.5) is 8.78 Å². The predicted molar refractivity (Wildman–Crippen MR) is 115 cm³/mol. The molecule has 0 aliphatic carbocycles. The Balaban J connectivity index is 1.81. The van der Waals surface area contributed by atoms with Gasteiger partial charge in [-0.15, -0.1) is 0 Å². The van der Waals surface area contributed by atoms with Gasteiger partial charge in [0.1, 0.15) is 12.4 Å². The van der Waals surface area contributed by atoms with Gasteiger partial charge in [0.25, 0.3) is 5.91 Å². The third kappa shape index (κ3) is 4.09. The monoisotopic (exact) mass is 456 g/mol. The summed E-state index contributed by atoms with van der Waals surface area (Å²) in [5.41, 5.74) is 1.58. The van der Waals surface area contributed by atoms with E-state index in [2.05, 4.69) is 10.1 Å². The Bertz CT molecular complexity index is 1390. The highest BCUT2D eigenvalue weighted by atomic mass is 32.1. The highest BCUT2D eigenvalue weighted by Gasteiger charge is 2.19. The van der Waals surface area contributed by atoms with Crippen LogP contribution in [0.3, 0.4) is 0 Å². The van der Waals surface area contributed by atoms with Crippen LogP contribution in [0.15, 0.2) is 53.7 Å². The first-order valence-electron chi connectivity index (χ1n) is 9.72. The van der Waals surface area contributed by atoms with Gasteiger partial charge in [-0.1, -0.05) is 29.5 Å². The number of hydrogen-bond donors (Lipinski definition) is 0. The first-order chi connectivity index (χ1) is 15.4. The van der Waals surface area contributed by atoms with Crippen LogP contribution in [-0.2, 0) is 16.1 Å². The lowest BCUT2D eigenvalue weighted by molar-refractivity contribution is -0.143. The molecular formula is C22H18F2N4O3S. The lowest BCUT2D eigenvalue weighted by Gasteiger charge is -2.06. The van der Waals surface area contributed by atoms with E-state index in [0.717, 1.165) is 29.2 Å². The minimum atomic E-state index is -0.859. The fourth-order valence-corrected chi connectivity index (χ4v) is 4.36. The number of nitrogens with zero attached hydrogens (tertiary/aromatic N) is 4. The molecule has 10 heteroatoms. The Morgan fingerprint density at radius 2 is 1.94 bits per heavy atom. The number of ether oxygens (including phenoxy) is 1. The molecule has 0 aliphatic heterocycles. The van der Waals surface area contributed by atoms with Crippen LogP contribution in [0, 0.1) is 18.6 Å². The molecule has 0 aliphatic rings. The number of esters is 1. The summed E-state index contributed by atoms with van der Waals surface area (Å²) in [6.45, 7) is 3.15. The lowest BCUT2D eigenvalue weighted by Crippen LogP contribution is -2.23. The average Bonchev–Trinajstić information content (AvgIpc) is 3.29. The van der Waals surface area contributed by atoms with Crippen molar-refractivity contribution in [1.82, 2.24) is 14.3 Å². The highest BCUT2D eigenvalue weighted by Crippen LogP contribution is 2.23. The molecule has 0 spiro atoms. The van der Waals surface area contributed by atoms with Crippen LogP contribution < -0.4 is 4.80 Å². The summed E-state index contributed by atoms with van der Waals surface area (Å²) >= 11 is 0.905. The zero-order valence-corrected chi connectivity index (χ0v) is 18.0. The van der Waals surface area contributed by atoms with Crippen LogP contribution in [0.2, 0.25) is 0 Å². The van der Waals surface area contributed by atoms with Crippen molar-refractivity contribution < 1.29 is 23.1 Å². The van der Waals surface area contributed by atoms with Gasteiger partial charge >= 0.3 is 5.97 Å². The second-order valence-electron chi connectivity index (χ2n) is 6.82. The van der Waals surface area contributed by atoms with Crippen molar-refractivity contribution in [1.29, 1.82) is 0 Å². The van der Waals surface area contributed by atoms with E-state index in [1.165, 1.54) is 10.8 Å². The molecule has 0 unspecified atom stereocenters. The Morgan fingerprint density at radius 1 is 1.19 bits per heavy atom. The molecule has 0 N–H and O–H groups in total. The van der Waals surface area contributed by atoms with Crippen molar-refractivity contribution in [3.63, 3.8) is 0 Å². The number of carbonyl (C=O) groups is 2. The van der Waals surface area contributed by atoms with Gasteiger partial charge in [-0.2, -0.15) is 10.1 Å². The zero-order chi connectivity index (χ0) is 22.8. The highest BCUT2D eigenvalue weighted by molar-refractivity contribution is 7.16. The normalized spacial score (nSPS) is 11.8. The number of hydrogen-bond acceptors (Lipinski definition) is 5. The Morgan fingerprint density at radius 3 is 2.66 bits per heavy atom. The lowest BCUT2D eigenvalue weighted by atomic mass is 10.2. The van der Waals surface area contributed by atoms with E-state index in [1.807, 2.05) is 30.3 Å². The number of aromatic nitrogens is 3. The summed E-state index contributed by atoms with van der Waals surface area (Å²) in [6, 6.07) is 11.1. The first kappa shape index (κ1) is 21.6. The number of para-hydroxylation sites is 1. The number of thiazole rings is 1. The number of fused-ring (bicyclic) bond motifs is 1. The van der Waals surface area contributed by atoms with Crippen LogP contribution in [0.5, 0.6) is 0 Å². The van der Waals surface area contributed by atoms with Crippen molar-refractivity contribution in [2.45, 2.75) is 20.4 Å². The second-order valence-corrected chi connectivity index (χ2v) is 7.83. The van der Waals surface area contributed by atoms with E-state index in [9.17, 15) is 18.4 Å². The smallest absolute Gasteiger partial charge is 0.326 e.